The third kappa shape index (κ3) is 5.33. The van der Waals surface area contributed by atoms with Crippen LogP contribution in [0.15, 0.2) is 65.8 Å². The number of halogens is 1. The molecule has 2 N–H and O–H groups in total. The molecule has 0 bridgehead atoms. The largest absolute Gasteiger partial charge is 0.497 e. The maximum absolute atomic E-state index is 13.0. The highest BCUT2D eigenvalue weighted by Gasteiger charge is 2.03. The Hall–Kier alpha value is -3.35. The van der Waals surface area contributed by atoms with E-state index in [1.165, 1.54) is 12.1 Å². The molecule has 0 spiro atoms. The molecule has 0 fully saturated rings. The first-order valence-electron chi connectivity index (χ1n) is 9.06. The van der Waals surface area contributed by atoms with Crippen LogP contribution < -0.4 is 15.4 Å². The number of aliphatic imine (C=N–C) groups is 1. The Morgan fingerprint density at radius 2 is 1.82 bits per heavy atom. The van der Waals surface area contributed by atoms with Crippen LogP contribution in [-0.2, 0) is 13.0 Å². The van der Waals surface area contributed by atoms with Crippen molar-refractivity contribution >= 4 is 5.96 Å². The smallest absolute Gasteiger partial charge is 0.191 e. The molecule has 1 aromatic heterocycles. The van der Waals surface area contributed by atoms with Crippen molar-refractivity contribution in [2.24, 2.45) is 4.99 Å². The second kappa shape index (κ2) is 9.55. The molecule has 0 saturated carbocycles. The van der Waals surface area contributed by atoms with E-state index >= 15 is 0 Å². The number of hydrogen-bond donors (Lipinski definition) is 2. The van der Waals surface area contributed by atoms with E-state index < -0.39 is 0 Å². The fourth-order valence-corrected chi connectivity index (χ4v) is 2.69. The molecule has 6 nitrogen and oxygen atoms in total. The van der Waals surface area contributed by atoms with Crippen molar-refractivity contribution in [1.82, 2.24) is 20.4 Å². The molecule has 0 atom stereocenters. The van der Waals surface area contributed by atoms with Crippen LogP contribution in [0, 0.1) is 5.82 Å². The van der Waals surface area contributed by atoms with Gasteiger partial charge in [-0.05, 0) is 48.0 Å². The van der Waals surface area contributed by atoms with Crippen molar-refractivity contribution in [3.8, 4) is 11.4 Å². The first-order chi connectivity index (χ1) is 13.7. The van der Waals surface area contributed by atoms with Gasteiger partial charge in [0.15, 0.2) is 5.96 Å². The zero-order valence-electron chi connectivity index (χ0n) is 16.0. The van der Waals surface area contributed by atoms with Crippen LogP contribution in [0.5, 0.6) is 5.75 Å². The number of ether oxygens (including phenoxy) is 1. The Bertz CT molecular complexity index is 903. The van der Waals surface area contributed by atoms with Crippen LogP contribution in [-0.4, -0.2) is 36.4 Å². The summed E-state index contributed by atoms with van der Waals surface area (Å²) in [5.74, 6) is 1.31. The molecular formula is C21H24FN5O. The van der Waals surface area contributed by atoms with Gasteiger partial charge in [-0.25, -0.2) is 9.07 Å². The third-order valence-electron chi connectivity index (χ3n) is 4.25. The van der Waals surface area contributed by atoms with Gasteiger partial charge in [0.05, 0.1) is 18.5 Å². The monoisotopic (exact) mass is 381 g/mol. The van der Waals surface area contributed by atoms with E-state index in [9.17, 15) is 4.39 Å². The van der Waals surface area contributed by atoms with Crippen molar-refractivity contribution in [2.45, 2.75) is 13.0 Å². The van der Waals surface area contributed by atoms with E-state index in [-0.39, 0.29) is 5.82 Å². The molecule has 3 rings (SSSR count). The van der Waals surface area contributed by atoms with Crippen molar-refractivity contribution in [3.63, 3.8) is 0 Å². The van der Waals surface area contributed by atoms with E-state index in [2.05, 4.69) is 20.7 Å². The van der Waals surface area contributed by atoms with Gasteiger partial charge in [-0.15, -0.1) is 0 Å². The van der Waals surface area contributed by atoms with Gasteiger partial charge in [-0.2, -0.15) is 5.10 Å². The average molecular weight is 381 g/mol. The molecule has 0 radical (unpaired) electrons. The van der Waals surface area contributed by atoms with Gasteiger partial charge in [-0.3, -0.25) is 4.99 Å². The molecular weight excluding hydrogens is 357 g/mol. The molecule has 0 aliphatic rings. The summed E-state index contributed by atoms with van der Waals surface area (Å²) in [4.78, 5) is 4.24. The minimum Gasteiger partial charge on any atom is -0.497 e. The summed E-state index contributed by atoms with van der Waals surface area (Å²) in [5, 5.41) is 11.1. The fourth-order valence-electron chi connectivity index (χ4n) is 2.69. The summed E-state index contributed by atoms with van der Waals surface area (Å²) in [6.45, 7) is 1.37. The lowest BCUT2D eigenvalue weighted by molar-refractivity contribution is 0.414. The first kappa shape index (κ1) is 19.4. The maximum atomic E-state index is 13.0. The normalized spacial score (nSPS) is 11.3. The highest BCUT2D eigenvalue weighted by molar-refractivity contribution is 5.79. The average Bonchev–Trinajstić information content (AvgIpc) is 3.20. The van der Waals surface area contributed by atoms with E-state index in [0.717, 1.165) is 35.1 Å². The van der Waals surface area contributed by atoms with Crippen LogP contribution in [0.3, 0.4) is 0 Å². The van der Waals surface area contributed by atoms with Gasteiger partial charge in [0.25, 0.3) is 0 Å². The van der Waals surface area contributed by atoms with Gasteiger partial charge in [0.1, 0.15) is 11.6 Å². The van der Waals surface area contributed by atoms with E-state index in [0.29, 0.717) is 13.1 Å². The van der Waals surface area contributed by atoms with Crippen molar-refractivity contribution in [1.29, 1.82) is 0 Å². The van der Waals surface area contributed by atoms with Gasteiger partial charge < -0.3 is 15.4 Å². The fraction of sp³-hybridized carbons (Fsp3) is 0.238. The Balaban J connectivity index is 1.46. The molecule has 0 unspecified atom stereocenters. The van der Waals surface area contributed by atoms with Crippen molar-refractivity contribution < 1.29 is 9.13 Å². The number of methoxy groups -OCH3 is 1. The number of hydrogen-bond acceptors (Lipinski definition) is 3. The van der Waals surface area contributed by atoms with Crippen LogP contribution in [0.25, 0.3) is 5.69 Å². The Kier molecular flexibility index (Phi) is 6.62. The predicted molar refractivity (Wildman–Crippen MR) is 108 cm³/mol. The maximum Gasteiger partial charge on any atom is 0.191 e. The van der Waals surface area contributed by atoms with Crippen LogP contribution in [0.4, 0.5) is 4.39 Å². The number of nitrogens with one attached hydrogen (secondary N) is 2. The molecule has 0 amide bonds. The van der Waals surface area contributed by atoms with Crippen LogP contribution >= 0.6 is 0 Å². The SMILES string of the molecule is CN=C(NCCc1ccn(-c2ccc(F)cc2)n1)NCc1ccc(OC)cc1. The van der Waals surface area contributed by atoms with Crippen molar-refractivity contribution in [3.05, 3.63) is 77.9 Å². The van der Waals surface area contributed by atoms with Gasteiger partial charge in [0, 0.05) is 32.8 Å². The Morgan fingerprint density at radius 1 is 1.07 bits per heavy atom. The number of nitrogens with zero attached hydrogens (tertiary/aromatic N) is 3. The van der Waals surface area contributed by atoms with Crippen molar-refractivity contribution in [2.75, 3.05) is 20.7 Å². The van der Waals surface area contributed by atoms with Gasteiger partial charge >= 0.3 is 0 Å². The van der Waals surface area contributed by atoms with Gasteiger partial charge in [0.2, 0.25) is 0 Å². The molecule has 0 aliphatic heterocycles. The standard InChI is InChI=1S/C21H24FN5O/c1-23-21(25-15-16-3-9-20(28-2)10-4-16)24-13-11-18-12-14-27(26-18)19-7-5-17(22)6-8-19/h3-10,12,14H,11,13,15H2,1-2H3,(H2,23,24,25). The lowest BCUT2D eigenvalue weighted by atomic mass is 10.2. The summed E-state index contributed by atoms with van der Waals surface area (Å²) in [6, 6.07) is 16.1. The summed E-state index contributed by atoms with van der Waals surface area (Å²) >= 11 is 0. The topological polar surface area (TPSA) is 63.5 Å². The van der Waals surface area contributed by atoms with Crippen LogP contribution in [0.2, 0.25) is 0 Å². The molecule has 7 heteroatoms. The highest BCUT2D eigenvalue weighted by atomic mass is 19.1. The Morgan fingerprint density at radius 3 is 2.50 bits per heavy atom. The second-order valence-corrected chi connectivity index (χ2v) is 6.18. The van der Waals surface area contributed by atoms with E-state index in [4.69, 9.17) is 4.74 Å². The number of benzene rings is 2. The highest BCUT2D eigenvalue weighted by Crippen LogP contribution is 2.11. The zero-order valence-corrected chi connectivity index (χ0v) is 16.0. The molecule has 1 heterocycles. The molecule has 2 aromatic carbocycles. The molecule has 3 aromatic rings. The number of rotatable bonds is 7. The third-order valence-corrected chi connectivity index (χ3v) is 4.25. The number of guanidine groups is 1. The molecule has 0 aliphatic carbocycles. The van der Waals surface area contributed by atoms with E-state index in [1.54, 1.807) is 31.0 Å². The lowest BCUT2D eigenvalue weighted by Gasteiger charge is -2.11. The minimum absolute atomic E-state index is 0.256. The first-order valence-corrected chi connectivity index (χ1v) is 9.06. The summed E-state index contributed by atoms with van der Waals surface area (Å²) in [5.41, 5.74) is 2.92. The minimum atomic E-state index is -0.256. The lowest BCUT2D eigenvalue weighted by Crippen LogP contribution is -2.37. The second-order valence-electron chi connectivity index (χ2n) is 6.18. The van der Waals surface area contributed by atoms with Gasteiger partial charge in [-0.1, -0.05) is 12.1 Å². The molecule has 28 heavy (non-hydrogen) atoms. The zero-order chi connectivity index (χ0) is 19.8. The summed E-state index contributed by atoms with van der Waals surface area (Å²) in [6.07, 6.45) is 2.62. The van der Waals surface area contributed by atoms with Crippen LogP contribution in [0.1, 0.15) is 11.3 Å². The molecule has 0 saturated heterocycles. The predicted octanol–water partition coefficient (Wildman–Crippen LogP) is 2.93. The Labute approximate surface area is 164 Å². The molecule has 146 valence electrons. The quantitative estimate of drug-likeness (QED) is 0.488. The number of aromatic nitrogens is 2. The summed E-state index contributed by atoms with van der Waals surface area (Å²) in [7, 11) is 3.40. The summed E-state index contributed by atoms with van der Waals surface area (Å²) < 4.78 is 19.9. The van der Waals surface area contributed by atoms with E-state index in [1.807, 2.05) is 36.5 Å².